The van der Waals surface area contributed by atoms with Crippen LogP contribution < -0.4 is 10.2 Å². The first-order chi connectivity index (χ1) is 8.56. The predicted octanol–water partition coefficient (Wildman–Crippen LogP) is 2.51. The van der Waals surface area contributed by atoms with Crippen LogP contribution in [0, 0.1) is 17.8 Å². The SMILES string of the molecule is CC(C)CNCc1coc(N2CC(C)C(C)C2)n1. The highest BCUT2D eigenvalue weighted by Crippen LogP contribution is 2.26. The second-order valence-electron chi connectivity index (χ2n) is 6.01. The molecule has 0 bridgehead atoms. The van der Waals surface area contributed by atoms with Crippen LogP contribution >= 0.6 is 0 Å². The van der Waals surface area contributed by atoms with Crippen molar-refractivity contribution in [3.05, 3.63) is 12.0 Å². The van der Waals surface area contributed by atoms with Crippen LogP contribution in [-0.2, 0) is 6.54 Å². The molecule has 2 heterocycles. The van der Waals surface area contributed by atoms with E-state index in [0.717, 1.165) is 49.7 Å². The smallest absolute Gasteiger partial charge is 0.297 e. The minimum absolute atomic E-state index is 0.664. The largest absolute Gasteiger partial charge is 0.432 e. The van der Waals surface area contributed by atoms with Crippen molar-refractivity contribution in [3.8, 4) is 0 Å². The van der Waals surface area contributed by atoms with Crippen molar-refractivity contribution in [1.29, 1.82) is 0 Å². The Kier molecular flexibility index (Phi) is 4.27. The standard InChI is InChI=1S/C14H25N3O/c1-10(2)5-15-6-13-9-18-14(16-13)17-7-11(3)12(4)8-17/h9-12,15H,5-8H2,1-4H3. The topological polar surface area (TPSA) is 41.3 Å². The van der Waals surface area contributed by atoms with Gasteiger partial charge in [0.05, 0.1) is 5.69 Å². The molecule has 1 aromatic heterocycles. The fraction of sp³-hybridized carbons (Fsp3) is 0.786. The lowest BCUT2D eigenvalue weighted by atomic mass is 10.0. The third kappa shape index (κ3) is 3.25. The van der Waals surface area contributed by atoms with E-state index in [2.05, 4.69) is 42.9 Å². The zero-order valence-electron chi connectivity index (χ0n) is 11.9. The Morgan fingerprint density at radius 1 is 1.39 bits per heavy atom. The normalized spacial score (nSPS) is 24.2. The number of hydrogen-bond acceptors (Lipinski definition) is 4. The molecule has 4 heteroatoms. The molecule has 1 aromatic rings. The average Bonchev–Trinajstić information content (AvgIpc) is 2.87. The fourth-order valence-electron chi connectivity index (χ4n) is 2.30. The van der Waals surface area contributed by atoms with Gasteiger partial charge in [-0.1, -0.05) is 27.7 Å². The van der Waals surface area contributed by atoms with Crippen LogP contribution in [0.1, 0.15) is 33.4 Å². The molecule has 1 fully saturated rings. The van der Waals surface area contributed by atoms with Gasteiger partial charge in [0.1, 0.15) is 6.26 Å². The molecule has 18 heavy (non-hydrogen) atoms. The number of anilines is 1. The number of aromatic nitrogens is 1. The lowest BCUT2D eigenvalue weighted by Gasteiger charge is -2.11. The molecule has 0 amide bonds. The first-order valence-electron chi connectivity index (χ1n) is 6.96. The monoisotopic (exact) mass is 251 g/mol. The van der Waals surface area contributed by atoms with Crippen molar-refractivity contribution in [2.24, 2.45) is 17.8 Å². The molecule has 4 nitrogen and oxygen atoms in total. The van der Waals surface area contributed by atoms with Gasteiger partial charge in [-0.05, 0) is 24.3 Å². The fourth-order valence-corrected chi connectivity index (χ4v) is 2.30. The van der Waals surface area contributed by atoms with Gasteiger partial charge in [0, 0.05) is 19.6 Å². The van der Waals surface area contributed by atoms with Crippen LogP contribution in [0.5, 0.6) is 0 Å². The van der Waals surface area contributed by atoms with E-state index in [1.807, 2.05) is 0 Å². The molecule has 2 atom stereocenters. The molecule has 0 aromatic carbocycles. The predicted molar refractivity (Wildman–Crippen MR) is 73.6 cm³/mol. The Labute approximate surface area is 110 Å². The molecule has 2 unspecified atom stereocenters. The van der Waals surface area contributed by atoms with Gasteiger partial charge in [-0.25, -0.2) is 0 Å². The molecule has 0 spiro atoms. The summed E-state index contributed by atoms with van der Waals surface area (Å²) in [6.07, 6.45) is 1.77. The molecule has 102 valence electrons. The van der Waals surface area contributed by atoms with Gasteiger partial charge in [-0.3, -0.25) is 0 Å². The van der Waals surface area contributed by atoms with Gasteiger partial charge in [0.15, 0.2) is 0 Å². The van der Waals surface area contributed by atoms with Crippen molar-refractivity contribution >= 4 is 6.01 Å². The maximum absolute atomic E-state index is 5.58. The van der Waals surface area contributed by atoms with Gasteiger partial charge in [0.2, 0.25) is 0 Å². The van der Waals surface area contributed by atoms with Crippen molar-refractivity contribution in [2.75, 3.05) is 24.5 Å². The highest BCUT2D eigenvalue weighted by Gasteiger charge is 2.28. The highest BCUT2D eigenvalue weighted by molar-refractivity contribution is 5.29. The van der Waals surface area contributed by atoms with Crippen LogP contribution in [0.25, 0.3) is 0 Å². The van der Waals surface area contributed by atoms with Gasteiger partial charge >= 0.3 is 0 Å². The quantitative estimate of drug-likeness (QED) is 0.873. The minimum atomic E-state index is 0.664. The van der Waals surface area contributed by atoms with Crippen LogP contribution in [0.4, 0.5) is 6.01 Å². The summed E-state index contributed by atoms with van der Waals surface area (Å²) < 4.78 is 5.58. The number of nitrogens with zero attached hydrogens (tertiary/aromatic N) is 2. The summed E-state index contributed by atoms with van der Waals surface area (Å²) in [6.45, 7) is 12.9. The summed E-state index contributed by atoms with van der Waals surface area (Å²) >= 11 is 0. The summed E-state index contributed by atoms with van der Waals surface area (Å²) in [5.41, 5.74) is 0.998. The van der Waals surface area contributed by atoms with Gasteiger partial charge in [0.25, 0.3) is 6.01 Å². The summed E-state index contributed by atoms with van der Waals surface area (Å²) in [5.74, 6) is 2.11. The van der Waals surface area contributed by atoms with E-state index in [-0.39, 0.29) is 0 Å². The van der Waals surface area contributed by atoms with Gasteiger partial charge in [-0.15, -0.1) is 0 Å². The van der Waals surface area contributed by atoms with E-state index in [4.69, 9.17) is 4.42 Å². The number of nitrogens with one attached hydrogen (secondary N) is 1. The second-order valence-corrected chi connectivity index (χ2v) is 6.01. The van der Waals surface area contributed by atoms with E-state index in [1.54, 1.807) is 6.26 Å². The molecular weight excluding hydrogens is 226 g/mol. The van der Waals surface area contributed by atoms with Gasteiger partial charge in [-0.2, -0.15) is 4.98 Å². The molecule has 1 aliphatic rings. The zero-order valence-corrected chi connectivity index (χ0v) is 11.9. The van der Waals surface area contributed by atoms with E-state index >= 15 is 0 Å². The van der Waals surface area contributed by atoms with Crippen LogP contribution in [-0.4, -0.2) is 24.6 Å². The molecule has 0 radical (unpaired) electrons. The molecule has 1 saturated heterocycles. The maximum Gasteiger partial charge on any atom is 0.297 e. The Hall–Kier alpha value is -1.03. The highest BCUT2D eigenvalue weighted by atomic mass is 16.4. The maximum atomic E-state index is 5.58. The lowest BCUT2D eigenvalue weighted by Crippen LogP contribution is -2.21. The number of hydrogen-bond donors (Lipinski definition) is 1. The molecule has 1 N–H and O–H groups in total. The summed E-state index contributed by atoms with van der Waals surface area (Å²) in [7, 11) is 0. The Morgan fingerprint density at radius 2 is 2.06 bits per heavy atom. The van der Waals surface area contributed by atoms with Crippen molar-refractivity contribution in [2.45, 2.75) is 34.2 Å². The third-order valence-corrected chi connectivity index (χ3v) is 3.66. The molecule has 2 rings (SSSR count). The third-order valence-electron chi connectivity index (χ3n) is 3.66. The summed E-state index contributed by atoms with van der Waals surface area (Å²) in [4.78, 5) is 6.81. The first kappa shape index (κ1) is 13.4. The first-order valence-corrected chi connectivity index (χ1v) is 6.96. The second kappa shape index (κ2) is 5.74. The average molecular weight is 251 g/mol. The molecule has 1 aliphatic heterocycles. The molecule has 0 saturated carbocycles. The number of oxazole rings is 1. The number of rotatable bonds is 5. The zero-order chi connectivity index (χ0) is 13.1. The summed E-state index contributed by atoms with van der Waals surface area (Å²) in [5, 5.41) is 3.38. The van der Waals surface area contributed by atoms with Crippen molar-refractivity contribution in [3.63, 3.8) is 0 Å². The van der Waals surface area contributed by atoms with Gasteiger partial charge < -0.3 is 14.6 Å². The van der Waals surface area contributed by atoms with E-state index in [0.29, 0.717) is 5.92 Å². The van der Waals surface area contributed by atoms with Crippen molar-refractivity contribution < 1.29 is 4.42 Å². The lowest BCUT2D eigenvalue weighted by molar-refractivity contribution is 0.494. The Bertz CT molecular complexity index is 365. The van der Waals surface area contributed by atoms with Crippen LogP contribution in [0.15, 0.2) is 10.7 Å². The van der Waals surface area contributed by atoms with E-state index in [9.17, 15) is 0 Å². The Balaban J connectivity index is 1.86. The van der Waals surface area contributed by atoms with Crippen LogP contribution in [0.2, 0.25) is 0 Å². The molecular formula is C14H25N3O. The van der Waals surface area contributed by atoms with E-state index in [1.165, 1.54) is 0 Å². The van der Waals surface area contributed by atoms with Crippen molar-refractivity contribution in [1.82, 2.24) is 10.3 Å². The summed E-state index contributed by atoms with van der Waals surface area (Å²) in [6, 6.07) is 0.785. The minimum Gasteiger partial charge on any atom is -0.432 e. The Morgan fingerprint density at radius 3 is 2.67 bits per heavy atom. The van der Waals surface area contributed by atoms with Crippen LogP contribution in [0.3, 0.4) is 0 Å². The molecule has 0 aliphatic carbocycles. The van der Waals surface area contributed by atoms with E-state index < -0.39 is 0 Å².